The zero-order chi connectivity index (χ0) is 18.4. The number of carbonyl (C=O) groups is 2. The van der Waals surface area contributed by atoms with Crippen LogP contribution in [0.1, 0.15) is 25.7 Å². The van der Waals surface area contributed by atoms with Crippen LogP contribution in [0, 0.1) is 0 Å². The van der Waals surface area contributed by atoms with E-state index in [2.05, 4.69) is 9.18 Å². The molecule has 3 fully saturated rings. The Hall–Kier alpha value is -1.31. The fourth-order valence-corrected chi connectivity index (χ4v) is 4.35. The Labute approximate surface area is 145 Å². The molecule has 2 unspecified atom stereocenters. The van der Waals surface area contributed by atoms with Gasteiger partial charge in [-0.25, -0.2) is 4.79 Å². The summed E-state index contributed by atoms with van der Waals surface area (Å²) < 4.78 is 34.7. The minimum absolute atomic E-state index is 0.0401. The van der Waals surface area contributed by atoms with Crippen LogP contribution in [0.2, 0.25) is 0 Å². The van der Waals surface area contributed by atoms with Crippen molar-refractivity contribution in [3.05, 3.63) is 0 Å². The van der Waals surface area contributed by atoms with Crippen molar-refractivity contribution in [2.75, 3.05) is 26.7 Å². The van der Waals surface area contributed by atoms with Gasteiger partial charge in [0.1, 0.15) is 19.2 Å². The van der Waals surface area contributed by atoms with E-state index in [4.69, 9.17) is 15.1 Å². The van der Waals surface area contributed by atoms with Crippen LogP contribution in [0.15, 0.2) is 0 Å². The summed E-state index contributed by atoms with van der Waals surface area (Å²) >= 11 is 0. The number of hydroxylamine groups is 5. The largest absolute Gasteiger partial charge is 0.477 e. The van der Waals surface area contributed by atoms with E-state index in [-0.39, 0.29) is 25.6 Å². The van der Waals surface area contributed by atoms with Gasteiger partial charge in [-0.1, -0.05) is 4.65 Å². The molecule has 4 atom stereocenters. The molecule has 3 aliphatic heterocycles. The summed E-state index contributed by atoms with van der Waals surface area (Å²) in [6.45, 7) is 1.17. The number of likely N-dealkylation sites (tertiary alicyclic amines) is 1. The SMILES string of the molecule is CN1CCCC1CO[N+]12C[C@@H](CC[C@H]1C(N)=O)N(OS(=O)(=O)O)C2=O. The molecule has 142 valence electrons. The third kappa shape index (κ3) is 3.37. The third-order valence-electron chi connectivity index (χ3n) is 5.27. The fraction of sp³-hybridized carbons (Fsp3) is 0.846. The minimum Gasteiger partial charge on any atom is -0.364 e. The first-order valence-corrected chi connectivity index (χ1v) is 9.53. The van der Waals surface area contributed by atoms with E-state index in [1.165, 1.54) is 0 Å². The number of nitrogens with zero attached hydrogens (tertiary/aromatic N) is 3. The molecule has 0 aliphatic carbocycles. The number of primary amides is 1. The van der Waals surface area contributed by atoms with E-state index in [1.54, 1.807) is 0 Å². The van der Waals surface area contributed by atoms with Crippen molar-refractivity contribution in [2.24, 2.45) is 5.73 Å². The topological polar surface area (TPSA) is 139 Å². The molecule has 12 heteroatoms. The number of amides is 3. The molecule has 11 nitrogen and oxygen atoms in total. The van der Waals surface area contributed by atoms with Gasteiger partial charge in [0.15, 0.2) is 0 Å². The summed E-state index contributed by atoms with van der Waals surface area (Å²) in [5.74, 6) is -0.694. The van der Waals surface area contributed by atoms with Gasteiger partial charge < -0.3 is 10.6 Å². The van der Waals surface area contributed by atoms with Crippen LogP contribution in [0.4, 0.5) is 4.79 Å². The Balaban J connectivity index is 1.85. The van der Waals surface area contributed by atoms with Gasteiger partial charge >= 0.3 is 16.4 Å². The van der Waals surface area contributed by atoms with E-state index in [0.717, 1.165) is 19.4 Å². The quantitative estimate of drug-likeness (QED) is 0.443. The molecule has 0 aromatic carbocycles. The molecule has 0 spiro atoms. The van der Waals surface area contributed by atoms with Gasteiger partial charge in [0.05, 0.1) is 0 Å². The minimum atomic E-state index is -4.87. The maximum atomic E-state index is 12.8. The lowest BCUT2D eigenvalue weighted by molar-refractivity contribution is -1.05. The number of rotatable bonds is 6. The molecule has 3 amide bonds. The number of hydrogen-bond donors (Lipinski definition) is 2. The van der Waals surface area contributed by atoms with Gasteiger partial charge in [0, 0.05) is 12.5 Å². The highest BCUT2D eigenvalue weighted by molar-refractivity contribution is 7.80. The maximum Gasteiger partial charge on any atom is 0.477 e. The van der Waals surface area contributed by atoms with E-state index in [9.17, 15) is 18.0 Å². The molecule has 3 saturated heterocycles. The zero-order valence-electron chi connectivity index (χ0n) is 13.9. The Morgan fingerprint density at radius 3 is 2.68 bits per heavy atom. The second-order valence-electron chi connectivity index (χ2n) is 6.81. The molecule has 0 aromatic rings. The molecule has 3 aliphatic rings. The second-order valence-corrected chi connectivity index (χ2v) is 7.82. The summed E-state index contributed by atoms with van der Waals surface area (Å²) in [5, 5.41) is 0.594. The predicted molar refractivity (Wildman–Crippen MR) is 82.6 cm³/mol. The second kappa shape index (κ2) is 6.45. The van der Waals surface area contributed by atoms with Gasteiger partial charge in [0.2, 0.25) is 6.04 Å². The number of fused-ring (bicyclic) bond motifs is 2. The van der Waals surface area contributed by atoms with Crippen molar-refractivity contribution in [2.45, 2.75) is 43.8 Å². The molecule has 0 radical (unpaired) electrons. The molecule has 3 rings (SSSR count). The first kappa shape index (κ1) is 18.5. The summed E-state index contributed by atoms with van der Waals surface area (Å²) in [7, 11) is -2.92. The molecule has 2 bridgehead atoms. The van der Waals surface area contributed by atoms with Crippen molar-refractivity contribution in [3.8, 4) is 0 Å². The molecule has 3 heterocycles. The lowest BCUT2D eigenvalue weighted by atomic mass is 10.00. The van der Waals surface area contributed by atoms with Crippen LogP contribution in [-0.2, 0) is 24.3 Å². The maximum absolute atomic E-state index is 12.8. The Morgan fingerprint density at radius 1 is 1.40 bits per heavy atom. The molecule has 0 saturated carbocycles. The van der Waals surface area contributed by atoms with Crippen LogP contribution in [0.3, 0.4) is 0 Å². The normalized spacial score (nSPS) is 36.2. The van der Waals surface area contributed by atoms with E-state index < -0.39 is 39.1 Å². The van der Waals surface area contributed by atoms with Crippen LogP contribution >= 0.6 is 0 Å². The number of urea groups is 1. The van der Waals surface area contributed by atoms with Crippen molar-refractivity contribution in [3.63, 3.8) is 0 Å². The first-order chi connectivity index (χ1) is 11.6. The fourth-order valence-electron chi connectivity index (χ4n) is 3.97. The molecular weight excluding hydrogens is 356 g/mol. The highest BCUT2D eigenvalue weighted by atomic mass is 32.3. The summed E-state index contributed by atoms with van der Waals surface area (Å²) in [4.78, 5) is 32.7. The van der Waals surface area contributed by atoms with Crippen LogP contribution in [0.25, 0.3) is 0 Å². The van der Waals surface area contributed by atoms with Crippen molar-refractivity contribution in [1.82, 2.24) is 9.96 Å². The Bertz CT molecular complexity index is 671. The molecule has 0 aromatic heterocycles. The van der Waals surface area contributed by atoms with Crippen LogP contribution in [0.5, 0.6) is 0 Å². The van der Waals surface area contributed by atoms with Gasteiger partial charge in [-0.05, 0) is 32.9 Å². The summed E-state index contributed by atoms with van der Waals surface area (Å²) in [6.07, 6.45) is 2.50. The number of likely N-dealkylation sites (N-methyl/N-ethyl adjacent to an activating group) is 1. The predicted octanol–water partition coefficient (Wildman–Crippen LogP) is -0.985. The average Bonchev–Trinajstić information content (AvgIpc) is 3.00. The number of hydrogen-bond acceptors (Lipinski definition) is 7. The number of quaternary nitrogens is 1. The highest BCUT2D eigenvalue weighted by Crippen LogP contribution is 2.38. The van der Waals surface area contributed by atoms with E-state index in [1.807, 2.05) is 7.05 Å². The summed E-state index contributed by atoms with van der Waals surface area (Å²) in [6, 6.07) is -2.29. The monoisotopic (exact) mass is 379 g/mol. The van der Waals surface area contributed by atoms with Crippen molar-refractivity contribution in [1.29, 1.82) is 0 Å². The molecular formula is C13H23N4O7S+. The Kier molecular flexibility index (Phi) is 4.77. The number of piperidine rings is 1. The smallest absolute Gasteiger partial charge is 0.364 e. The number of nitrogens with two attached hydrogens (primary N) is 1. The van der Waals surface area contributed by atoms with Crippen LogP contribution in [-0.4, -0.2) is 84.4 Å². The van der Waals surface area contributed by atoms with Crippen molar-refractivity contribution < 1.29 is 36.3 Å². The lowest BCUT2D eigenvalue weighted by Crippen LogP contribution is -2.63. The van der Waals surface area contributed by atoms with Gasteiger partial charge in [-0.2, -0.15) is 13.3 Å². The van der Waals surface area contributed by atoms with Gasteiger partial charge in [0.25, 0.3) is 5.91 Å². The lowest BCUT2D eigenvalue weighted by Gasteiger charge is -2.36. The standard InChI is InChI=1S/C13H22N4O7S/c1-15-6-2-3-10(15)8-23-17-7-9(4-5-11(17)12(14)18)16(13(17)19)24-25(20,21)22/h9-11H,2-8H2,1H3,(H2-,14,18,20,21,22)/p+1/t9-,10?,11+,17?/m1/s1. The van der Waals surface area contributed by atoms with Crippen LogP contribution < -0.4 is 5.73 Å². The number of carbonyl (C=O) groups excluding carboxylic acids is 2. The molecule has 25 heavy (non-hydrogen) atoms. The third-order valence-corrected chi connectivity index (χ3v) is 5.62. The van der Waals surface area contributed by atoms with Gasteiger partial charge in [-0.3, -0.25) is 9.35 Å². The molecule has 3 N–H and O–H groups in total. The average molecular weight is 379 g/mol. The van der Waals surface area contributed by atoms with Crippen molar-refractivity contribution >= 4 is 22.3 Å². The highest BCUT2D eigenvalue weighted by Gasteiger charge is 2.65. The zero-order valence-corrected chi connectivity index (χ0v) is 14.7. The Morgan fingerprint density at radius 2 is 2.12 bits per heavy atom. The first-order valence-electron chi connectivity index (χ1n) is 8.16. The van der Waals surface area contributed by atoms with Gasteiger partial charge in [-0.15, -0.1) is 9.35 Å². The van der Waals surface area contributed by atoms with E-state index >= 15 is 0 Å². The summed E-state index contributed by atoms with van der Waals surface area (Å²) in [5.41, 5.74) is 5.46. The van der Waals surface area contributed by atoms with E-state index in [0.29, 0.717) is 11.5 Å².